The molecule has 5 atom stereocenters. The van der Waals surface area contributed by atoms with Crippen LogP contribution in [0.1, 0.15) is 156 Å². The summed E-state index contributed by atoms with van der Waals surface area (Å²) in [6, 6.07) is 0. The van der Waals surface area contributed by atoms with Gasteiger partial charge in [0.15, 0.2) is 0 Å². The van der Waals surface area contributed by atoms with Gasteiger partial charge in [-0.25, -0.2) is 0 Å². The molecule has 0 bridgehead atoms. The summed E-state index contributed by atoms with van der Waals surface area (Å²) in [5.74, 6) is 0.489. The summed E-state index contributed by atoms with van der Waals surface area (Å²) in [5, 5.41) is 21.6. The highest BCUT2D eigenvalue weighted by molar-refractivity contribution is 5.69. The minimum absolute atomic E-state index is 0.0532. The zero-order valence-electron chi connectivity index (χ0n) is 25.9. The van der Waals surface area contributed by atoms with Crippen molar-refractivity contribution in [2.24, 2.45) is 17.3 Å². The minimum Gasteiger partial charge on any atom is -0.466 e. The van der Waals surface area contributed by atoms with Crippen LogP contribution in [0.5, 0.6) is 0 Å². The second-order valence-electron chi connectivity index (χ2n) is 12.7. The van der Waals surface area contributed by atoms with Crippen LogP contribution in [0.3, 0.4) is 0 Å². The van der Waals surface area contributed by atoms with E-state index in [2.05, 4.69) is 27.7 Å². The van der Waals surface area contributed by atoms with Gasteiger partial charge in [-0.3, -0.25) is 4.79 Å². The van der Waals surface area contributed by atoms with E-state index in [1.807, 2.05) is 0 Å². The molecule has 1 aliphatic rings. The largest absolute Gasteiger partial charge is 0.466 e. The van der Waals surface area contributed by atoms with Gasteiger partial charge >= 0.3 is 5.97 Å². The van der Waals surface area contributed by atoms with E-state index in [0.717, 1.165) is 77.0 Å². The maximum Gasteiger partial charge on any atom is 0.305 e. The molecule has 1 aliphatic carbocycles. The van der Waals surface area contributed by atoms with E-state index in [1.165, 1.54) is 38.5 Å². The van der Waals surface area contributed by atoms with Crippen LogP contribution in [-0.4, -0.2) is 48.2 Å². The third-order valence-electron chi connectivity index (χ3n) is 9.08. The molecule has 0 radical (unpaired) electrons. The quantitative estimate of drug-likeness (QED) is 0.0950. The molecule has 0 aromatic carbocycles. The van der Waals surface area contributed by atoms with Gasteiger partial charge in [-0.15, -0.1) is 0 Å². The Morgan fingerprint density at radius 3 is 2.11 bits per heavy atom. The van der Waals surface area contributed by atoms with Crippen molar-refractivity contribution in [3.8, 4) is 0 Å². The summed E-state index contributed by atoms with van der Waals surface area (Å²) in [7, 11) is 1.75. The molecular formula is C33H64O5. The summed E-state index contributed by atoms with van der Waals surface area (Å²) in [6.45, 7) is 9.36. The van der Waals surface area contributed by atoms with E-state index >= 15 is 0 Å². The molecule has 0 spiro atoms. The van der Waals surface area contributed by atoms with Gasteiger partial charge in [0.05, 0.1) is 24.9 Å². The smallest absolute Gasteiger partial charge is 0.305 e. The van der Waals surface area contributed by atoms with Gasteiger partial charge in [-0.2, -0.15) is 0 Å². The van der Waals surface area contributed by atoms with Crippen molar-refractivity contribution in [2.75, 3.05) is 13.7 Å². The van der Waals surface area contributed by atoms with Crippen LogP contribution >= 0.6 is 0 Å². The van der Waals surface area contributed by atoms with Crippen molar-refractivity contribution < 1.29 is 24.5 Å². The molecule has 1 rings (SSSR count). The van der Waals surface area contributed by atoms with Gasteiger partial charge in [0.25, 0.3) is 0 Å². The molecule has 0 aliphatic heterocycles. The number of carbonyl (C=O) groups is 1. The second kappa shape index (κ2) is 21.1. The lowest BCUT2D eigenvalue weighted by Gasteiger charge is -2.33. The van der Waals surface area contributed by atoms with Crippen LogP contribution in [0.4, 0.5) is 0 Å². The topological polar surface area (TPSA) is 76.0 Å². The Labute approximate surface area is 235 Å². The number of esters is 1. The number of unbranched alkanes of at least 4 members (excludes halogenated alkanes) is 11. The van der Waals surface area contributed by atoms with E-state index in [4.69, 9.17) is 9.47 Å². The first-order valence-corrected chi connectivity index (χ1v) is 16.3. The molecule has 0 aromatic heterocycles. The summed E-state index contributed by atoms with van der Waals surface area (Å²) < 4.78 is 11.2. The minimum atomic E-state index is -0.319. The van der Waals surface area contributed by atoms with E-state index in [1.54, 1.807) is 7.11 Å². The first-order chi connectivity index (χ1) is 18.3. The second-order valence-corrected chi connectivity index (χ2v) is 12.7. The monoisotopic (exact) mass is 540 g/mol. The van der Waals surface area contributed by atoms with Crippen molar-refractivity contribution in [1.82, 2.24) is 0 Å². The number of aliphatic hydroxyl groups is 2. The molecule has 0 saturated heterocycles. The van der Waals surface area contributed by atoms with Crippen LogP contribution in [0, 0.1) is 17.3 Å². The van der Waals surface area contributed by atoms with Gasteiger partial charge in [0.2, 0.25) is 0 Å². The lowest BCUT2D eigenvalue weighted by Crippen LogP contribution is -2.31. The fraction of sp³-hybridized carbons (Fsp3) is 0.970. The first kappa shape index (κ1) is 35.4. The maximum absolute atomic E-state index is 12.0. The number of aliphatic hydroxyl groups excluding tert-OH is 2. The summed E-state index contributed by atoms with van der Waals surface area (Å²) >= 11 is 0. The Kier molecular flexibility index (Phi) is 19.7. The van der Waals surface area contributed by atoms with Gasteiger partial charge < -0.3 is 19.7 Å². The predicted octanol–water partition coefficient (Wildman–Crippen LogP) is 8.38. The van der Waals surface area contributed by atoms with Gasteiger partial charge in [-0.1, -0.05) is 105 Å². The number of hydrogen-bond acceptors (Lipinski definition) is 5. The van der Waals surface area contributed by atoms with Crippen molar-refractivity contribution in [3.05, 3.63) is 0 Å². The molecule has 5 nitrogen and oxygen atoms in total. The molecular weight excluding hydrogens is 476 g/mol. The Bertz CT molecular complexity index is 578. The summed E-state index contributed by atoms with van der Waals surface area (Å²) in [4.78, 5) is 12.0. The van der Waals surface area contributed by atoms with Crippen LogP contribution in [0.15, 0.2) is 0 Å². The molecule has 0 amide bonds. The first-order valence-electron chi connectivity index (χ1n) is 16.3. The van der Waals surface area contributed by atoms with Crippen molar-refractivity contribution in [3.63, 3.8) is 0 Å². The lowest BCUT2D eigenvalue weighted by atomic mass is 9.77. The number of methoxy groups -OCH3 is 1. The van der Waals surface area contributed by atoms with Crippen LogP contribution < -0.4 is 0 Å². The van der Waals surface area contributed by atoms with Crippen molar-refractivity contribution in [1.29, 1.82) is 0 Å². The molecule has 5 heteroatoms. The average molecular weight is 541 g/mol. The highest BCUT2D eigenvalue weighted by Gasteiger charge is 2.42. The Morgan fingerprint density at radius 2 is 1.45 bits per heavy atom. The number of ether oxygens (including phenoxy) is 2. The molecule has 1 fully saturated rings. The molecule has 1 unspecified atom stereocenters. The van der Waals surface area contributed by atoms with Crippen LogP contribution in [0.25, 0.3) is 0 Å². The molecule has 0 aromatic rings. The van der Waals surface area contributed by atoms with Gasteiger partial charge in [-0.05, 0) is 55.8 Å². The normalized spacial score (nSPS) is 22.6. The van der Waals surface area contributed by atoms with E-state index < -0.39 is 0 Å². The number of hydrogen-bond donors (Lipinski definition) is 2. The molecule has 1 saturated carbocycles. The Morgan fingerprint density at radius 1 is 0.842 bits per heavy atom. The number of rotatable bonds is 24. The predicted molar refractivity (Wildman–Crippen MR) is 158 cm³/mol. The Balaban J connectivity index is 2.21. The van der Waals surface area contributed by atoms with E-state index in [9.17, 15) is 15.0 Å². The zero-order chi connectivity index (χ0) is 28.2. The highest BCUT2D eigenvalue weighted by atomic mass is 16.5. The van der Waals surface area contributed by atoms with Crippen molar-refractivity contribution in [2.45, 2.75) is 174 Å². The fourth-order valence-corrected chi connectivity index (χ4v) is 6.26. The fourth-order valence-electron chi connectivity index (χ4n) is 6.26. The molecule has 38 heavy (non-hydrogen) atoms. The SMILES string of the molecule is CCCCCCCCCCOC(=O)CCCCCC[C@@H]1[C@@H](CCC(O)C(C)(C)CCCC)[C@H](OC)C[C@@H]1O. The van der Waals surface area contributed by atoms with Gasteiger partial charge in [0, 0.05) is 20.0 Å². The lowest BCUT2D eigenvalue weighted by molar-refractivity contribution is -0.143. The van der Waals surface area contributed by atoms with E-state index in [-0.39, 0.29) is 35.6 Å². The third kappa shape index (κ3) is 14.7. The Hall–Kier alpha value is -0.650. The third-order valence-corrected chi connectivity index (χ3v) is 9.08. The molecule has 2 N–H and O–H groups in total. The van der Waals surface area contributed by atoms with E-state index in [0.29, 0.717) is 25.4 Å². The number of carbonyl (C=O) groups excluding carboxylic acids is 1. The summed E-state index contributed by atoms with van der Waals surface area (Å²) in [6.07, 6.45) is 20.7. The van der Waals surface area contributed by atoms with Crippen molar-refractivity contribution >= 4 is 5.97 Å². The zero-order valence-corrected chi connectivity index (χ0v) is 25.9. The standard InChI is InChI=1S/C33H64O5/c1-6-8-10-11-12-13-16-19-25-38-32(36)21-18-15-14-17-20-27-28(30(37-5)26-29(27)34)22-23-31(35)33(3,4)24-9-7-2/h27-31,34-35H,6-26H2,1-5H3/t27-,28-,29+,30-,31?/m1/s1. The highest BCUT2D eigenvalue weighted by Crippen LogP contribution is 2.42. The summed E-state index contributed by atoms with van der Waals surface area (Å²) in [5.41, 5.74) is -0.0691. The molecule has 0 heterocycles. The van der Waals surface area contributed by atoms with Crippen LogP contribution in [-0.2, 0) is 14.3 Å². The maximum atomic E-state index is 12.0. The molecule has 226 valence electrons. The average Bonchev–Trinajstić information content (AvgIpc) is 3.20. The van der Waals surface area contributed by atoms with Crippen LogP contribution in [0.2, 0.25) is 0 Å². The van der Waals surface area contributed by atoms with Gasteiger partial charge in [0.1, 0.15) is 0 Å².